The van der Waals surface area contributed by atoms with Gasteiger partial charge in [-0.1, -0.05) is 0 Å². The van der Waals surface area contributed by atoms with Crippen molar-refractivity contribution in [2.45, 2.75) is 33.1 Å². The summed E-state index contributed by atoms with van der Waals surface area (Å²) in [6.07, 6.45) is 2.82. The molecule has 2 heterocycles. The topological polar surface area (TPSA) is 89.2 Å². The van der Waals surface area contributed by atoms with Crippen molar-refractivity contribution in [3.8, 4) is 0 Å². The van der Waals surface area contributed by atoms with Crippen LogP contribution in [0.3, 0.4) is 0 Å². The summed E-state index contributed by atoms with van der Waals surface area (Å²) < 4.78 is 0. The second-order valence-electron chi connectivity index (χ2n) is 5.33. The second kappa shape index (κ2) is 5.98. The number of hydrogen-bond donors (Lipinski definition) is 1. The van der Waals surface area contributed by atoms with Crippen LogP contribution in [-0.4, -0.2) is 39.8 Å². The van der Waals surface area contributed by atoms with Crippen LogP contribution in [0.5, 0.6) is 0 Å². The van der Waals surface area contributed by atoms with Crippen molar-refractivity contribution in [1.82, 2.24) is 14.9 Å². The van der Waals surface area contributed by atoms with Crippen LogP contribution >= 0.6 is 0 Å². The first-order valence-corrected chi connectivity index (χ1v) is 6.85. The van der Waals surface area contributed by atoms with E-state index in [1.54, 1.807) is 19.9 Å². The molecule has 6 nitrogen and oxygen atoms in total. The normalized spacial score (nSPS) is 18.9. The van der Waals surface area contributed by atoms with E-state index in [9.17, 15) is 9.59 Å². The smallest absolute Gasteiger partial charge is 0.267 e. The molecule has 0 saturated carbocycles. The van der Waals surface area contributed by atoms with E-state index < -0.39 is 5.91 Å². The van der Waals surface area contributed by atoms with Crippen LogP contribution in [-0.2, 0) is 11.2 Å². The number of nitrogens with two attached hydrogens (primary N) is 1. The molecule has 2 rings (SSSR count). The summed E-state index contributed by atoms with van der Waals surface area (Å²) in [5, 5.41) is 0. The van der Waals surface area contributed by atoms with Crippen LogP contribution in [0.1, 0.15) is 41.8 Å². The Labute approximate surface area is 118 Å². The number of likely N-dealkylation sites (tertiary alicyclic amines) is 1. The van der Waals surface area contributed by atoms with E-state index >= 15 is 0 Å². The Kier molecular flexibility index (Phi) is 4.32. The Morgan fingerprint density at radius 2 is 2.20 bits per heavy atom. The summed E-state index contributed by atoms with van der Waals surface area (Å²) in [6, 6.07) is 1.65. The van der Waals surface area contributed by atoms with E-state index in [1.165, 1.54) is 0 Å². The molecule has 0 spiro atoms. The molecule has 1 fully saturated rings. The molecular formula is C14H20N4O2. The third kappa shape index (κ3) is 3.53. The van der Waals surface area contributed by atoms with Crippen LogP contribution in [0.4, 0.5) is 0 Å². The Bertz CT molecular complexity index is 530. The van der Waals surface area contributed by atoms with Crippen molar-refractivity contribution < 1.29 is 9.59 Å². The third-order valence-corrected chi connectivity index (χ3v) is 3.61. The Morgan fingerprint density at radius 3 is 2.85 bits per heavy atom. The van der Waals surface area contributed by atoms with Gasteiger partial charge in [0.1, 0.15) is 11.5 Å². The highest BCUT2D eigenvalue weighted by Gasteiger charge is 2.22. The van der Waals surface area contributed by atoms with E-state index in [2.05, 4.69) is 9.97 Å². The molecule has 0 bridgehead atoms. The molecule has 2 N–H and O–H groups in total. The van der Waals surface area contributed by atoms with Gasteiger partial charge in [0.05, 0.1) is 0 Å². The summed E-state index contributed by atoms with van der Waals surface area (Å²) >= 11 is 0. The quantitative estimate of drug-likeness (QED) is 0.879. The van der Waals surface area contributed by atoms with E-state index in [-0.39, 0.29) is 11.6 Å². The molecule has 0 aliphatic carbocycles. The summed E-state index contributed by atoms with van der Waals surface area (Å²) in [7, 11) is 0. The van der Waals surface area contributed by atoms with Gasteiger partial charge in [-0.25, -0.2) is 9.97 Å². The number of primary amides is 1. The maximum absolute atomic E-state index is 11.4. The van der Waals surface area contributed by atoms with Gasteiger partial charge in [-0.05, 0) is 38.2 Å². The molecule has 1 aliphatic rings. The van der Waals surface area contributed by atoms with Crippen molar-refractivity contribution in [1.29, 1.82) is 0 Å². The lowest BCUT2D eigenvalue weighted by molar-refractivity contribution is -0.130. The highest BCUT2D eigenvalue weighted by molar-refractivity contribution is 5.90. The third-order valence-electron chi connectivity index (χ3n) is 3.61. The monoisotopic (exact) mass is 276 g/mol. The number of aromatic nitrogens is 2. The summed E-state index contributed by atoms with van der Waals surface area (Å²) in [5.41, 5.74) is 6.34. The zero-order valence-electron chi connectivity index (χ0n) is 11.9. The molecule has 1 saturated heterocycles. The van der Waals surface area contributed by atoms with Crippen LogP contribution in [0, 0.1) is 12.8 Å². The van der Waals surface area contributed by atoms with Gasteiger partial charge in [0.15, 0.2) is 0 Å². The van der Waals surface area contributed by atoms with Crippen molar-refractivity contribution in [3.63, 3.8) is 0 Å². The molecule has 6 heteroatoms. The Balaban J connectivity index is 2.09. The van der Waals surface area contributed by atoms with Gasteiger partial charge in [0.2, 0.25) is 5.91 Å². The first-order chi connectivity index (χ1) is 9.45. The lowest BCUT2D eigenvalue weighted by atomic mass is 9.93. The minimum absolute atomic E-state index is 0.117. The highest BCUT2D eigenvalue weighted by atomic mass is 16.2. The van der Waals surface area contributed by atoms with Gasteiger partial charge < -0.3 is 10.6 Å². The van der Waals surface area contributed by atoms with E-state index in [0.29, 0.717) is 11.7 Å². The number of carbonyl (C=O) groups excluding carboxylic acids is 2. The summed E-state index contributed by atoms with van der Waals surface area (Å²) in [4.78, 5) is 32.9. The van der Waals surface area contributed by atoms with Crippen LogP contribution in [0.25, 0.3) is 0 Å². The lowest BCUT2D eigenvalue weighted by Gasteiger charge is -2.32. The van der Waals surface area contributed by atoms with E-state index in [1.807, 2.05) is 4.90 Å². The number of aryl methyl sites for hydroxylation is 1. The van der Waals surface area contributed by atoms with Crippen LogP contribution < -0.4 is 5.73 Å². The van der Waals surface area contributed by atoms with E-state index in [4.69, 9.17) is 5.73 Å². The molecule has 20 heavy (non-hydrogen) atoms. The predicted octanol–water partition coefficient (Wildman–Crippen LogP) is 0.685. The largest absolute Gasteiger partial charge is 0.364 e. The second-order valence-corrected chi connectivity index (χ2v) is 5.33. The molecule has 2 amide bonds. The predicted molar refractivity (Wildman–Crippen MR) is 74.0 cm³/mol. The zero-order valence-corrected chi connectivity index (χ0v) is 11.9. The number of carbonyl (C=O) groups is 2. The van der Waals surface area contributed by atoms with Crippen LogP contribution in [0.2, 0.25) is 0 Å². The number of rotatable bonds is 3. The van der Waals surface area contributed by atoms with E-state index in [0.717, 1.165) is 38.0 Å². The van der Waals surface area contributed by atoms with Crippen LogP contribution in [0.15, 0.2) is 6.07 Å². The van der Waals surface area contributed by atoms with Crippen molar-refractivity contribution in [2.24, 2.45) is 11.7 Å². The fourth-order valence-electron chi connectivity index (χ4n) is 2.67. The highest BCUT2D eigenvalue weighted by Crippen LogP contribution is 2.20. The van der Waals surface area contributed by atoms with Gasteiger partial charge in [0, 0.05) is 25.7 Å². The molecule has 0 aromatic carbocycles. The van der Waals surface area contributed by atoms with Gasteiger partial charge in [0.25, 0.3) is 5.91 Å². The van der Waals surface area contributed by atoms with Crippen molar-refractivity contribution >= 4 is 11.8 Å². The summed E-state index contributed by atoms with van der Waals surface area (Å²) in [6.45, 7) is 4.94. The SMILES string of the molecule is CC(=O)N1CCCC(Cc2cc(C(N)=O)nc(C)n2)C1. The first kappa shape index (κ1) is 14.4. The fraction of sp³-hybridized carbons (Fsp3) is 0.571. The number of nitrogens with zero attached hydrogens (tertiary/aromatic N) is 3. The summed E-state index contributed by atoms with van der Waals surface area (Å²) in [5.74, 6) is 0.510. The molecule has 0 radical (unpaired) electrons. The average Bonchev–Trinajstić information content (AvgIpc) is 2.38. The molecular weight excluding hydrogens is 256 g/mol. The fourth-order valence-corrected chi connectivity index (χ4v) is 2.67. The van der Waals surface area contributed by atoms with Gasteiger partial charge >= 0.3 is 0 Å². The Morgan fingerprint density at radius 1 is 1.45 bits per heavy atom. The number of hydrogen-bond acceptors (Lipinski definition) is 4. The minimum atomic E-state index is -0.536. The lowest BCUT2D eigenvalue weighted by Crippen LogP contribution is -2.39. The molecule has 1 aromatic heterocycles. The molecule has 1 aliphatic heterocycles. The number of piperidine rings is 1. The van der Waals surface area contributed by atoms with Gasteiger partial charge in [-0.15, -0.1) is 0 Å². The number of amides is 2. The van der Waals surface area contributed by atoms with Crippen molar-refractivity contribution in [2.75, 3.05) is 13.1 Å². The first-order valence-electron chi connectivity index (χ1n) is 6.85. The zero-order chi connectivity index (χ0) is 14.7. The maximum Gasteiger partial charge on any atom is 0.267 e. The average molecular weight is 276 g/mol. The molecule has 108 valence electrons. The Hall–Kier alpha value is -1.98. The van der Waals surface area contributed by atoms with Crippen molar-refractivity contribution in [3.05, 3.63) is 23.3 Å². The standard InChI is InChI=1S/C14H20N4O2/c1-9-16-12(7-13(17-9)14(15)20)6-11-4-3-5-18(8-11)10(2)19/h7,11H,3-6,8H2,1-2H3,(H2,15,20). The molecule has 1 atom stereocenters. The van der Waals surface area contributed by atoms with Gasteiger partial charge in [-0.3, -0.25) is 9.59 Å². The van der Waals surface area contributed by atoms with Gasteiger partial charge in [-0.2, -0.15) is 0 Å². The molecule has 1 unspecified atom stereocenters. The molecule has 1 aromatic rings. The maximum atomic E-state index is 11.4. The minimum Gasteiger partial charge on any atom is -0.364 e.